The second-order valence-electron chi connectivity index (χ2n) is 3.22. The molecule has 0 saturated carbocycles. The Balaban J connectivity index is 2.74. The van der Waals surface area contributed by atoms with E-state index in [0.29, 0.717) is 5.46 Å². The lowest BCUT2D eigenvalue weighted by atomic mass is 9.77. The number of fused-ring (bicyclic) bond motifs is 1. The Bertz CT molecular complexity index is 481. The van der Waals surface area contributed by atoms with Crippen LogP contribution < -0.4 is 11.2 Å². The molecule has 0 bridgehead atoms. The molecule has 0 spiro atoms. The third-order valence-corrected chi connectivity index (χ3v) is 3.37. The molecule has 0 saturated heterocycles. The van der Waals surface area contributed by atoms with Crippen LogP contribution in [0.25, 0.3) is 10.1 Å². The largest absolute Gasteiger partial charge is 0.488 e. The molecule has 2 rings (SSSR count). The predicted molar refractivity (Wildman–Crippen MR) is 60.8 cm³/mol. The molecular weight excluding hydrogens is 197 g/mol. The number of anilines is 1. The first kappa shape index (κ1) is 9.52. The van der Waals surface area contributed by atoms with E-state index in [9.17, 15) is 0 Å². The number of thiophene rings is 1. The molecule has 0 aliphatic heterocycles. The lowest BCUT2D eigenvalue weighted by Gasteiger charge is -2.04. The molecule has 0 atom stereocenters. The molecule has 14 heavy (non-hydrogen) atoms. The van der Waals surface area contributed by atoms with Crippen LogP contribution in [0.15, 0.2) is 18.2 Å². The van der Waals surface area contributed by atoms with Crippen molar-refractivity contribution < 1.29 is 10.0 Å². The Hall–Kier alpha value is -1.04. The van der Waals surface area contributed by atoms with Gasteiger partial charge in [-0.2, -0.15) is 0 Å². The summed E-state index contributed by atoms with van der Waals surface area (Å²) in [4.78, 5) is 0. The average Bonchev–Trinajstić information content (AvgIpc) is 2.46. The monoisotopic (exact) mass is 207 g/mol. The fourth-order valence-corrected chi connectivity index (χ4v) is 2.49. The number of hydrogen-bond acceptors (Lipinski definition) is 4. The van der Waals surface area contributed by atoms with Crippen LogP contribution in [0.1, 0.15) is 5.56 Å². The van der Waals surface area contributed by atoms with E-state index >= 15 is 0 Å². The normalized spacial score (nSPS) is 10.8. The Morgan fingerprint density at radius 1 is 1.36 bits per heavy atom. The number of nitrogens with two attached hydrogens (primary N) is 1. The Kier molecular flexibility index (Phi) is 2.22. The highest BCUT2D eigenvalue weighted by Crippen LogP contribution is 2.29. The highest BCUT2D eigenvalue weighted by molar-refractivity contribution is 7.22. The molecule has 1 aromatic heterocycles. The van der Waals surface area contributed by atoms with E-state index in [2.05, 4.69) is 0 Å². The Morgan fingerprint density at radius 3 is 2.71 bits per heavy atom. The molecule has 0 unspecified atom stereocenters. The van der Waals surface area contributed by atoms with Crippen LogP contribution in [-0.2, 0) is 0 Å². The molecular formula is C9H10BNO2S. The number of benzene rings is 1. The maximum atomic E-state index is 9.10. The van der Waals surface area contributed by atoms with E-state index in [1.165, 1.54) is 11.3 Å². The molecule has 2 aromatic rings. The molecule has 0 amide bonds. The van der Waals surface area contributed by atoms with E-state index in [0.717, 1.165) is 20.7 Å². The summed E-state index contributed by atoms with van der Waals surface area (Å²) in [5.41, 5.74) is 7.11. The molecule has 0 fully saturated rings. The van der Waals surface area contributed by atoms with Crippen molar-refractivity contribution in [2.24, 2.45) is 0 Å². The van der Waals surface area contributed by atoms with Gasteiger partial charge in [-0.05, 0) is 29.4 Å². The van der Waals surface area contributed by atoms with Gasteiger partial charge in [0, 0.05) is 4.70 Å². The minimum Gasteiger partial charge on any atom is -0.423 e. The van der Waals surface area contributed by atoms with Crippen LogP contribution in [0, 0.1) is 6.92 Å². The van der Waals surface area contributed by atoms with Gasteiger partial charge in [-0.15, -0.1) is 11.3 Å². The molecule has 0 radical (unpaired) electrons. The van der Waals surface area contributed by atoms with E-state index in [1.54, 1.807) is 6.07 Å². The molecule has 1 aromatic carbocycles. The van der Waals surface area contributed by atoms with Gasteiger partial charge in [0.25, 0.3) is 0 Å². The van der Waals surface area contributed by atoms with Crippen molar-refractivity contribution >= 4 is 39.0 Å². The van der Waals surface area contributed by atoms with Gasteiger partial charge in [-0.25, -0.2) is 0 Å². The van der Waals surface area contributed by atoms with E-state index in [1.807, 2.05) is 19.1 Å². The van der Waals surface area contributed by atoms with Crippen molar-refractivity contribution in [3.63, 3.8) is 0 Å². The van der Waals surface area contributed by atoms with E-state index in [-0.39, 0.29) is 0 Å². The molecule has 72 valence electrons. The fraction of sp³-hybridized carbons (Fsp3) is 0.111. The van der Waals surface area contributed by atoms with Gasteiger partial charge in [0.2, 0.25) is 0 Å². The lowest BCUT2D eigenvalue weighted by Crippen LogP contribution is -2.31. The number of nitrogen functional groups attached to an aromatic ring is 1. The van der Waals surface area contributed by atoms with E-state index in [4.69, 9.17) is 15.8 Å². The number of hydrogen-bond donors (Lipinski definition) is 3. The van der Waals surface area contributed by atoms with Gasteiger partial charge in [-0.3, -0.25) is 0 Å². The molecule has 5 heteroatoms. The molecule has 3 nitrogen and oxygen atoms in total. The van der Waals surface area contributed by atoms with E-state index < -0.39 is 7.12 Å². The van der Waals surface area contributed by atoms with Crippen LogP contribution in [0.4, 0.5) is 5.00 Å². The van der Waals surface area contributed by atoms with Crippen LogP contribution in [0.3, 0.4) is 0 Å². The fourth-order valence-electron chi connectivity index (χ4n) is 1.56. The van der Waals surface area contributed by atoms with Crippen LogP contribution in [0.5, 0.6) is 0 Å². The Labute approximate surface area is 85.9 Å². The van der Waals surface area contributed by atoms with Crippen molar-refractivity contribution in [1.82, 2.24) is 0 Å². The summed E-state index contributed by atoms with van der Waals surface area (Å²) in [6.07, 6.45) is 0. The first-order chi connectivity index (χ1) is 6.59. The zero-order valence-electron chi connectivity index (χ0n) is 7.69. The number of aryl methyl sites for hydroxylation is 1. The van der Waals surface area contributed by atoms with Gasteiger partial charge in [-0.1, -0.05) is 12.1 Å². The zero-order chi connectivity index (χ0) is 10.3. The number of rotatable bonds is 1. The molecule has 1 heterocycles. The van der Waals surface area contributed by atoms with Crippen LogP contribution in [0.2, 0.25) is 0 Å². The average molecular weight is 207 g/mol. The standard InChI is InChI=1S/C9H10BNO2S/c1-5-7(10(12)13)3-2-6-4-8(11)14-9(5)6/h2-4,12-13H,11H2,1H3. The third kappa shape index (κ3) is 1.39. The van der Waals surface area contributed by atoms with Crippen molar-refractivity contribution in [1.29, 1.82) is 0 Å². The lowest BCUT2D eigenvalue weighted by molar-refractivity contribution is 0.425. The maximum absolute atomic E-state index is 9.10. The summed E-state index contributed by atoms with van der Waals surface area (Å²) < 4.78 is 1.02. The minimum atomic E-state index is -1.41. The first-order valence-corrected chi connectivity index (χ1v) is 5.06. The van der Waals surface area contributed by atoms with Crippen LogP contribution in [-0.4, -0.2) is 17.2 Å². The van der Waals surface area contributed by atoms with Gasteiger partial charge in [0.1, 0.15) is 0 Å². The maximum Gasteiger partial charge on any atom is 0.488 e. The first-order valence-electron chi connectivity index (χ1n) is 4.24. The van der Waals surface area contributed by atoms with Crippen LogP contribution >= 0.6 is 11.3 Å². The third-order valence-electron chi connectivity index (χ3n) is 2.27. The molecule has 4 N–H and O–H groups in total. The van der Waals surface area contributed by atoms with Crippen molar-refractivity contribution in [2.75, 3.05) is 5.73 Å². The molecule has 0 aliphatic carbocycles. The highest BCUT2D eigenvalue weighted by atomic mass is 32.1. The van der Waals surface area contributed by atoms with Crippen molar-refractivity contribution in [3.05, 3.63) is 23.8 Å². The minimum absolute atomic E-state index is 0.541. The summed E-state index contributed by atoms with van der Waals surface area (Å²) in [7, 11) is -1.41. The quantitative estimate of drug-likeness (QED) is 0.595. The van der Waals surface area contributed by atoms with Gasteiger partial charge >= 0.3 is 7.12 Å². The van der Waals surface area contributed by atoms with Gasteiger partial charge < -0.3 is 15.8 Å². The zero-order valence-corrected chi connectivity index (χ0v) is 8.51. The second-order valence-corrected chi connectivity index (χ2v) is 4.30. The topological polar surface area (TPSA) is 66.5 Å². The van der Waals surface area contributed by atoms with Crippen molar-refractivity contribution in [2.45, 2.75) is 6.92 Å². The smallest absolute Gasteiger partial charge is 0.423 e. The predicted octanol–water partition coefficient (Wildman–Crippen LogP) is 0.472. The summed E-state index contributed by atoms with van der Waals surface area (Å²) in [6, 6.07) is 5.46. The van der Waals surface area contributed by atoms with Crippen molar-refractivity contribution in [3.8, 4) is 0 Å². The second kappa shape index (κ2) is 3.27. The SMILES string of the molecule is Cc1c(B(O)O)ccc2cc(N)sc12. The summed E-state index contributed by atoms with van der Waals surface area (Å²) in [6.45, 7) is 1.87. The summed E-state index contributed by atoms with van der Waals surface area (Å²) in [5, 5.41) is 20.0. The van der Waals surface area contributed by atoms with Gasteiger partial charge in [0.15, 0.2) is 0 Å². The highest BCUT2D eigenvalue weighted by Gasteiger charge is 2.16. The molecule has 0 aliphatic rings. The summed E-state index contributed by atoms with van der Waals surface area (Å²) >= 11 is 1.47. The van der Waals surface area contributed by atoms with Gasteiger partial charge in [0.05, 0.1) is 5.00 Å². The summed E-state index contributed by atoms with van der Waals surface area (Å²) in [5.74, 6) is 0. The Morgan fingerprint density at radius 2 is 2.07 bits per heavy atom.